The predicted molar refractivity (Wildman–Crippen MR) is 123 cm³/mol. The number of allylic oxidation sites excluding steroid dienone is 1. The second-order valence-corrected chi connectivity index (χ2v) is 10.6. The topological polar surface area (TPSA) is 35.5 Å². The summed E-state index contributed by atoms with van der Waals surface area (Å²) in [5, 5.41) is 0. The summed E-state index contributed by atoms with van der Waals surface area (Å²) in [6.45, 7) is 11.8. The second-order valence-electron chi connectivity index (χ2n) is 9.76. The van der Waals surface area contributed by atoms with Gasteiger partial charge in [-0.05, 0) is 69.4 Å². The van der Waals surface area contributed by atoms with Gasteiger partial charge in [0.15, 0.2) is 0 Å². The molecule has 1 saturated heterocycles. The first-order chi connectivity index (χ1) is 14.2. The van der Waals surface area contributed by atoms with E-state index >= 15 is 0 Å². The first-order valence-electron chi connectivity index (χ1n) is 10.5. The zero-order valence-corrected chi connectivity index (χ0v) is 19.6. The molecule has 4 heteroatoms. The van der Waals surface area contributed by atoms with Gasteiger partial charge in [-0.15, -0.1) is 0 Å². The average Bonchev–Trinajstić information content (AvgIpc) is 3.15. The number of carbonyl (C=O) groups is 1. The zero-order chi connectivity index (χ0) is 21.5. The SMILES string of the molecule is C=C1CC2COC(=O)C2(Cc2ccc(OCc3ccc(C(C)(C)C)cc3)c(Br)c2)C1. The summed E-state index contributed by atoms with van der Waals surface area (Å²) >= 11 is 3.65. The zero-order valence-electron chi connectivity index (χ0n) is 18.0. The van der Waals surface area contributed by atoms with E-state index in [-0.39, 0.29) is 17.3 Å². The van der Waals surface area contributed by atoms with E-state index in [4.69, 9.17) is 9.47 Å². The molecule has 1 aliphatic heterocycles. The van der Waals surface area contributed by atoms with Gasteiger partial charge >= 0.3 is 5.97 Å². The van der Waals surface area contributed by atoms with Crippen LogP contribution >= 0.6 is 15.9 Å². The summed E-state index contributed by atoms with van der Waals surface area (Å²) in [5.41, 5.74) is 4.44. The maximum Gasteiger partial charge on any atom is 0.313 e. The van der Waals surface area contributed by atoms with Crippen molar-refractivity contribution in [2.75, 3.05) is 6.61 Å². The van der Waals surface area contributed by atoms with E-state index < -0.39 is 5.41 Å². The monoisotopic (exact) mass is 468 g/mol. The van der Waals surface area contributed by atoms with E-state index in [0.717, 1.165) is 39.8 Å². The largest absolute Gasteiger partial charge is 0.488 e. The van der Waals surface area contributed by atoms with Crippen molar-refractivity contribution in [3.63, 3.8) is 0 Å². The minimum absolute atomic E-state index is 0.0682. The van der Waals surface area contributed by atoms with E-state index in [1.807, 2.05) is 6.07 Å². The number of ether oxygens (including phenoxy) is 2. The van der Waals surface area contributed by atoms with E-state index in [1.54, 1.807) is 0 Å². The quantitative estimate of drug-likeness (QED) is 0.377. The maximum absolute atomic E-state index is 12.5. The molecule has 2 atom stereocenters. The highest BCUT2D eigenvalue weighted by Crippen LogP contribution is 2.52. The molecule has 158 valence electrons. The lowest BCUT2D eigenvalue weighted by molar-refractivity contribution is -0.146. The number of benzene rings is 2. The molecule has 3 nitrogen and oxygen atoms in total. The van der Waals surface area contributed by atoms with Crippen LogP contribution in [0.15, 0.2) is 59.1 Å². The van der Waals surface area contributed by atoms with Crippen LogP contribution < -0.4 is 4.74 Å². The molecule has 4 rings (SSSR count). The molecule has 1 saturated carbocycles. The minimum Gasteiger partial charge on any atom is -0.488 e. The van der Waals surface area contributed by atoms with Crippen LogP contribution in [0.4, 0.5) is 0 Å². The summed E-state index contributed by atoms with van der Waals surface area (Å²) in [5.74, 6) is 0.988. The van der Waals surface area contributed by atoms with Gasteiger partial charge in [0.25, 0.3) is 0 Å². The normalized spacial score (nSPS) is 23.4. The standard InChI is InChI=1S/C26H29BrO3/c1-17-11-21-16-30-24(28)26(21,13-17)14-19-7-10-23(22(27)12-19)29-15-18-5-8-20(9-6-18)25(2,3)4/h5-10,12,21H,1,11,13-16H2,2-4H3. The first-order valence-corrected chi connectivity index (χ1v) is 11.3. The molecule has 2 unspecified atom stereocenters. The lowest BCUT2D eigenvalue weighted by Crippen LogP contribution is -2.31. The van der Waals surface area contributed by atoms with Gasteiger partial charge in [-0.25, -0.2) is 0 Å². The summed E-state index contributed by atoms with van der Waals surface area (Å²) < 4.78 is 12.3. The van der Waals surface area contributed by atoms with Gasteiger partial charge < -0.3 is 9.47 Å². The van der Waals surface area contributed by atoms with Gasteiger partial charge in [-0.1, -0.05) is 63.3 Å². The molecule has 1 aliphatic carbocycles. The molecule has 2 aromatic carbocycles. The Morgan fingerprint density at radius 3 is 2.53 bits per heavy atom. The molecular weight excluding hydrogens is 440 g/mol. The number of halogens is 1. The van der Waals surface area contributed by atoms with Gasteiger partial charge in [-0.2, -0.15) is 0 Å². The predicted octanol–water partition coefficient (Wildman–Crippen LogP) is 6.38. The van der Waals surface area contributed by atoms with Gasteiger partial charge in [-0.3, -0.25) is 4.79 Å². The van der Waals surface area contributed by atoms with Crippen molar-refractivity contribution in [3.05, 3.63) is 75.8 Å². The molecule has 0 bridgehead atoms. The van der Waals surface area contributed by atoms with Gasteiger partial charge in [0, 0.05) is 5.92 Å². The Labute approximate surface area is 187 Å². The molecule has 0 spiro atoms. The lowest BCUT2D eigenvalue weighted by Gasteiger charge is -2.24. The van der Waals surface area contributed by atoms with Crippen LogP contribution in [0, 0.1) is 11.3 Å². The summed E-state index contributed by atoms with van der Waals surface area (Å²) in [4.78, 5) is 12.5. The minimum atomic E-state index is -0.437. The number of rotatable bonds is 5. The number of cyclic esters (lactones) is 1. The number of hydrogen-bond donors (Lipinski definition) is 0. The molecule has 30 heavy (non-hydrogen) atoms. The van der Waals surface area contributed by atoms with Gasteiger partial charge in [0.2, 0.25) is 0 Å². The van der Waals surface area contributed by atoms with Crippen molar-refractivity contribution in [1.29, 1.82) is 0 Å². The molecule has 1 heterocycles. The Hall–Kier alpha value is -2.07. The Balaban J connectivity index is 1.44. The van der Waals surface area contributed by atoms with Gasteiger partial charge in [0.05, 0.1) is 16.5 Å². The number of esters is 1. The fraction of sp³-hybridized carbons (Fsp3) is 0.423. The van der Waals surface area contributed by atoms with Crippen molar-refractivity contribution < 1.29 is 14.3 Å². The van der Waals surface area contributed by atoms with Crippen molar-refractivity contribution >= 4 is 21.9 Å². The van der Waals surface area contributed by atoms with E-state index in [9.17, 15) is 4.79 Å². The smallest absolute Gasteiger partial charge is 0.313 e. The maximum atomic E-state index is 12.5. The number of carbonyl (C=O) groups excluding carboxylic acids is 1. The van der Waals surface area contributed by atoms with Crippen LogP contribution in [0.25, 0.3) is 0 Å². The Morgan fingerprint density at radius 1 is 1.17 bits per heavy atom. The van der Waals surface area contributed by atoms with Crippen molar-refractivity contribution in [2.45, 2.75) is 52.1 Å². The first kappa shape index (κ1) is 21.2. The highest BCUT2D eigenvalue weighted by Gasteiger charge is 2.55. The van der Waals surface area contributed by atoms with Crippen molar-refractivity contribution in [1.82, 2.24) is 0 Å². The van der Waals surface area contributed by atoms with Gasteiger partial charge in [0.1, 0.15) is 12.4 Å². The van der Waals surface area contributed by atoms with Crippen LogP contribution in [-0.2, 0) is 28.0 Å². The van der Waals surface area contributed by atoms with Crippen LogP contribution in [0.3, 0.4) is 0 Å². The van der Waals surface area contributed by atoms with Crippen LogP contribution in [-0.4, -0.2) is 12.6 Å². The van der Waals surface area contributed by atoms with E-state index in [1.165, 1.54) is 5.56 Å². The molecule has 2 aliphatic rings. The van der Waals surface area contributed by atoms with Crippen LogP contribution in [0.1, 0.15) is 50.3 Å². The molecular formula is C26H29BrO3. The highest BCUT2D eigenvalue weighted by atomic mass is 79.9. The molecule has 2 fully saturated rings. The Kier molecular flexibility index (Phi) is 5.56. The summed E-state index contributed by atoms with van der Waals surface area (Å²) in [6, 6.07) is 14.7. The molecule has 2 aromatic rings. The fourth-order valence-corrected chi connectivity index (χ4v) is 5.20. The van der Waals surface area contributed by atoms with E-state index in [2.05, 4.69) is 79.7 Å². The fourth-order valence-electron chi connectivity index (χ4n) is 4.66. The summed E-state index contributed by atoms with van der Waals surface area (Å²) in [6.07, 6.45) is 2.31. The molecule has 0 radical (unpaired) electrons. The summed E-state index contributed by atoms with van der Waals surface area (Å²) in [7, 11) is 0. The third kappa shape index (κ3) is 4.07. The highest BCUT2D eigenvalue weighted by molar-refractivity contribution is 9.10. The number of hydrogen-bond acceptors (Lipinski definition) is 3. The Morgan fingerprint density at radius 2 is 1.87 bits per heavy atom. The number of fused-ring (bicyclic) bond motifs is 1. The van der Waals surface area contributed by atoms with E-state index in [0.29, 0.717) is 19.6 Å². The van der Waals surface area contributed by atoms with Crippen LogP contribution in [0.2, 0.25) is 0 Å². The van der Waals surface area contributed by atoms with Crippen molar-refractivity contribution in [3.8, 4) is 5.75 Å². The third-order valence-electron chi connectivity index (χ3n) is 6.43. The average molecular weight is 469 g/mol. The third-order valence-corrected chi connectivity index (χ3v) is 7.05. The molecule has 0 aromatic heterocycles. The molecule has 0 N–H and O–H groups in total. The Bertz CT molecular complexity index is 971. The lowest BCUT2D eigenvalue weighted by atomic mass is 9.75. The second kappa shape index (κ2) is 7.88. The van der Waals surface area contributed by atoms with Crippen LogP contribution in [0.5, 0.6) is 5.75 Å². The molecule has 0 amide bonds. The van der Waals surface area contributed by atoms with Crippen molar-refractivity contribution in [2.24, 2.45) is 11.3 Å².